The van der Waals surface area contributed by atoms with Crippen LogP contribution in [0.4, 0.5) is 4.79 Å². The van der Waals surface area contributed by atoms with Gasteiger partial charge in [-0.1, -0.05) is 56.3 Å². The molecule has 4 amide bonds. The molecule has 1 saturated heterocycles. The van der Waals surface area contributed by atoms with Gasteiger partial charge in [0.05, 0.1) is 18.3 Å². The van der Waals surface area contributed by atoms with E-state index in [2.05, 4.69) is 10.0 Å². The summed E-state index contributed by atoms with van der Waals surface area (Å²) in [4.78, 5) is 57.1. The quantitative estimate of drug-likeness (QED) is 0.387. The van der Waals surface area contributed by atoms with Gasteiger partial charge >= 0.3 is 6.09 Å². The zero-order valence-corrected chi connectivity index (χ0v) is 27.3. The van der Waals surface area contributed by atoms with Crippen molar-refractivity contribution in [3.05, 3.63) is 34.3 Å². The van der Waals surface area contributed by atoms with Gasteiger partial charge in [-0.2, -0.15) is 0 Å². The van der Waals surface area contributed by atoms with Crippen molar-refractivity contribution in [2.24, 2.45) is 17.8 Å². The average Bonchev–Trinajstić information content (AvgIpc) is 3.92. The van der Waals surface area contributed by atoms with Crippen molar-refractivity contribution in [1.29, 1.82) is 0 Å². The summed E-state index contributed by atoms with van der Waals surface area (Å²) in [5, 5.41) is 2.84. The molecule has 3 aliphatic carbocycles. The van der Waals surface area contributed by atoms with Crippen LogP contribution < -0.4 is 10.0 Å². The molecule has 13 heteroatoms. The van der Waals surface area contributed by atoms with Crippen LogP contribution in [0.15, 0.2) is 18.2 Å². The molecule has 1 aromatic rings. The van der Waals surface area contributed by atoms with Crippen LogP contribution in [0.2, 0.25) is 5.02 Å². The minimum Gasteiger partial charge on any atom is -0.444 e. The fourth-order valence-electron chi connectivity index (χ4n) is 7.32. The number of ether oxygens (including phenoxy) is 1. The van der Waals surface area contributed by atoms with E-state index in [4.69, 9.17) is 16.3 Å². The number of likely N-dealkylation sites (tertiary alicyclic amines) is 1. The van der Waals surface area contributed by atoms with E-state index >= 15 is 0 Å². The number of sulfonamides is 1. The first-order valence-corrected chi connectivity index (χ1v) is 18.3. The monoisotopic (exact) mass is 662 g/mol. The lowest BCUT2D eigenvalue weighted by molar-refractivity contribution is -0.140. The number of hydrogen-bond acceptors (Lipinski definition) is 7. The zero-order chi connectivity index (χ0) is 31.9. The number of hydrogen-bond donors (Lipinski definition) is 2. The Morgan fingerprint density at radius 3 is 2.47 bits per heavy atom. The van der Waals surface area contributed by atoms with Crippen molar-refractivity contribution < 1.29 is 32.3 Å². The average molecular weight is 663 g/mol. The number of amides is 4. The summed E-state index contributed by atoms with van der Waals surface area (Å²) in [5.41, 5.74) is 1.83. The van der Waals surface area contributed by atoms with Gasteiger partial charge in [-0.05, 0) is 67.1 Å². The molecule has 45 heavy (non-hydrogen) atoms. The van der Waals surface area contributed by atoms with Gasteiger partial charge in [-0.25, -0.2) is 13.2 Å². The van der Waals surface area contributed by atoms with Crippen molar-refractivity contribution in [3.8, 4) is 0 Å². The van der Waals surface area contributed by atoms with Gasteiger partial charge < -0.3 is 15.0 Å². The molecule has 2 N–H and O–H groups in total. The van der Waals surface area contributed by atoms with Crippen LogP contribution in [0.25, 0.3) is 0 Å². The van der Waals surface area contributed by atoms with E-state index in [1.54, 1.807) is 11.0 Å². The minimum atomic E-state index is -3.80. The van der Waals surface area contributed by atoms with Gasteiger partial charge in [0.2, 0.25) is 21.8 Å². The number of carbonyl (C=O) groups excluding carboxylic acids is 4. The van der Waals surface area contributed by atoms with Crippen LogP contribution >= 0.6 is 11.6 Å². The zero-order valence-electron chi connectivity index (χ0n) is 25.7. The second-order valence-corrected chi connectivity index (χ2v) is 15.9. The van der Waals surface area contributed by atoms with Crippen molar-refractivity contribution >= 4 is 45.4 Å². The first-order valence-electron chi connectivity index (χ1n) is 16.4. The second-order valence-electron chi connectivity index (χ2n) is 13.5. The smallest absolute Gasteiger partial charge is 0.410 e. The molecule has 4 fully saturated rings. The maximum absolute atomic E-state index is 13.9. The molecule has 5 aliphatic rings. The topological polar surface area (TPSA) is 142 Å². The molecule has 2 aliphatic heterocycles. The lowest BCUT2D eigenvalue weighted by Gasteiger charge is -2.28. The van der Waals surface area contributed by atoms with Crippen LogP contribution in [-0.2, 0) is 42.2 Å². The Hall–Kier alpha value is -2.86. The van der Waals surface area contributed by atoms with Crippen molar-refractivity contribution in [2.75, 3.05) is 6.54 Å². The highest BCUT2D eigenvalue weighted by Crippen LogP contribution is 2.44. The van der Waals surface area contributed by atoms with E-state index < -0.39 is 51.4 Å². The van der Waals surface area contributed by atoms with Crippen LogP contribution in [0.5, 0.6) is 0 Å². The molecule has 2 heterocycles. The number of carbonyl (C=O) groups is 4. The molecule has 2 unspecified atom stereocenters. The number of nitrogens with zero attached hydrogens (tertiary/aromatic N) is 2. The molecular formula is C32H43ClN4O7S. The molecule has 1 aromatic carbocycles. The summed E-state index contributed by atoms with van der Waals surface area (Å²) in [6, 6.07) is 3.57. The molecular weight excluding hydrogens is 620 g/mol. The van der Waals surface area contributed by atoms with E-state index in [1.165, 1.54) is 4.90 Å². The third kappa shape index (κ3) is 7.26. The van der Waals surface area contributed by atoms with Gasteiger partial charge in [0.25, 0.3) is 5.91 Å². The maximum atomic E-state index is 13.9. The minimum absolute atomic E-state index is 0.0743. The highest BCUT2D eigenvalue weighted by atomic mass is 35.5. The van der Waals surface area contributed by atoms with Gasteiger partial charge in [0.15, 0.2) is 0 Å². The van der Waals surface area contributed by atoms with E-state index in [1.807, 2.05) is 19.1 Å². The molecule has 3 saturated carbocycles. The van der Waals surface area contributed by atoms with E-state index in [-0.39, 0.29) is 36.6 Å². The molecule has 0 radical (unpaired) electrons. The number of fused-ring (bicyclic) bond motifs is 1. The Morgan fingerprint density at radius 1 is 1.04 bits per heavy atom. The molecule has 11 nitrogen and oxygen atoms in total. The third-order valence-electron chi connectivity index (χ3n) is 10.2. The maximum Gasteiger partial charge on any atom is 0.410 e. The number of rotatable bonds is 10. The lowest BCUT2D eigenvalue weighted by Crippen LogP contribution is -2.55. The summed E-state index contributed by atoms with van der Waals surface area (Å²) >= 11 is 6.33. The number of nitrogens with one attached hydrogen (secondary N) is 2. The van der Waals surface area contributed by atoms with Crippen LogP contribution in [0, 0.1) is 17.8 Å². The molecule has 0 spiro atoms. The first-order chi connectivity index (χ1) is 21.5. The van der Waals surface area contributed by atoms with Gasteiger partial charge in [0.1, 0.15) is 18.2 Å². The highest BCUT2D eigenvalue weighted by molar-refractivity contribution is 7.90. The van der Waals surface area contributed by atoms with E-state index in [9.17, 15) is 27.6 Å². The fourth-order valence-corrected chi connectivity index (χ4v) is 8.90. The van der Waals surface area contributed by atoms with E-state index in [0.29, 0.717) is 43.8 Å². The van der Waals surface area contributed by atoms with Crippen molar-refractivity contribution in [2.45, 2.75) is 114 Å². The predicted molar refractivity (Wildman–Crippen MR) is 166 cm³/mol. The molecule has 6 rings (SSSR count). The summed E-state index contributed by atoms with van der Waals surface area (Å²) in [6.45, 7) is 2.74. The summed E-state index contributed by atoms with van der Waals surface area (Å²) < 4.78 is 33.2. The first kappa shape index (κ1) is 32.1. The summed E-state index contributed by atoms with van der Waals surface area (Å²) in [7, 11) is -3.80. The van der Waals surface area contributed by atoms with Crippen LogP contribution in [0.3, 0.4) is 0 Å². The Kier molecular flexibility index (Phi) is 9.34. The number of halogens is 1. The molecule has 5 atom stereocenters. The fraction of sp³-hybridized carbons (Fsp3) is 0.688. The third-order valence-corrected chi connectivity index (χ3v) is 12.4. The Labute approximate surface area is 269 Å². The highest BCUT2D eigenvalue weighted by Gasteiger charge is 2.50. The molecule has 0 bridgehead atoms. The molecule has 246 valence electrons. The van der Waals surface area contributed by atoms with Crippen molar-refractivity contribution in [3.63, 3.8) is 0 Å². The standard InChI is InChI=1S/C32H43ClN4O7S/c1-2-20-14-24(20)29(31(40)35-45(42,43)23-11-12-23)34-30(39)27-15-22(17-37(27)28(38)13-19-7-4-3-5-8-19)44-32(41)36-16-21-9-6-10-26(33)25(21)18-36/h6,9-10,19-20,22-24,27,29H,2-5,7-8,11-18H2,1H3,(H,34,39)(H,35,40)/t20-,22-,24?,27+,29?/m1/s1. The van der Waals surface area contributed by atoms with Crippen molar-refractivity contribution in [1.82, 2.24) is 19.8 Å². The Bertz CT molecular complexity index is 1440. The van der Waals surface area contributed by atoms with Crippen LogP contribution in [0.1, 0.15) is 88.7 Å². The molecule has 0 aromatic heterocycles. The van der Waals surface area contributed by atoms with E-state index in [0.717, 1.165) is 49.7 Å². The predicted octanol–water partition coefficient (Wildman–Crippen LogP) is 3.87. The number of benzene rings is 1. The van der Waals surface area contributed by atoms with Gasteiger partial charge in [-0.15, -0.1) is 0 Å². The summed E-state index contributed by atoms with van der Waals surface area (Å²) in [6.07, 6.45) is 6.91. The summed E-state index contributed by atoms with van der Waals surface area (Å²) in [5.74, 6) is -1.17. The second kappa shape index (κ2) is 13.1. The lowest BCUT2D eigenvalue weighted by atomic mass is 9.86. The SMILES string of the molecule is CC[C@@H]1CC1C(NC(=O)[C@@H]1C[C@@H](OC(=O)N2Cc3cccc(Cl)c3C2)CN1C(=O)CC1CCCCC1)C(=O)NS(=O)(=O)C1CC1. The van der Waals surface area contributed by atoms with Gasteiger partial charge in [-0.3, -0.25) is 24.0 Å². The van der Waals surface area contributed by atoms with Gasteiger partial charge in [0, 0.05) is 24.4 Å². The normalized spacial score (nSPS) is 27.1. The van der Waals surface area contributed by atoms with Crippen LogP contribution in [-0.4, -0.2) is 72.0 Å². The Morgan fingerprint density at radius 2 is 1.80 bits per heavy atom. The Balaban J connectivity index is 1.15. The largest absolute Gasteiger partial charge is 0.444 e.